The summed E-state index contributed by atoms with van der Waals surface area (Å²) < 4.78 is 38.9. The molecule has 1 nitrogen and oxygen atoms in total. The van der Waals surface area contributed by atoms with Gasteiger partial charge in [-0.3, -0.25) is 0 Å². The fraction of sp³-hybridized carbons (Fsp3) is 0.429. The minimum atomic E-state index is -4.29. The van der Waals surface area contributed by atoms with Crippen LogP contribution in [0.4, 0.5) is 13.2 Å². The molecule has 0 aromatic heterocycles. The van der Waals surface area contributed by atoms with Crippen molar-refractivity contribution in [3.05, 3.63) is 35.4 Å². The summed E-state index contributed by atoms with van der Waals surface area (Å²) in [6.45, 7) is 1.60. The van der Waals surface area contributed by atoms with E-state index in [1.807, 2.05) is 0 Å². The smallest absolute Gasteiger partial charge is 0.220 e. The van der Waals surface area contributed by atoms with E-state index in [1.165, 1.54) is 12.1 Å². The van der Waals surface area contributed by atoms with Gasteiger partial charge < -0.3 is 0 Å². The van der Waals surface area contributed by atoms with E-state index < -0.39 is 11.7 Å². The van der Waals surface area contributed by atoms with Crippen molar-refractivity contribution >= 4 is 11.8 Å². The lowest BCUT2D eigenvalue weighted by molar-refractivity contribution is -0.137. The van der Waals surface area contributed by atoms with E-state index in [1.54, 1.807) is 4.42 Å². The Labute approximate surface area is 115 Å². The fourth-order valence-corrected chi connectivity index (χ4v) is 2.12. The van der Waals surface area contributed by atoms with Crippen LogP contribution in [0.5, 0.6) is 0 Å². The van der Waals surface area contributed by atoms with Gasteiger partial charge >= 0.3 is 6.18 Å². The van der Waals surface area contributed by atoms with Gasteiger partial charge in [-0.2, -0.15) is 13.2 Å². The van der Waals surface area contributed by atoms with Crippen molar-refractivity contribution in [3.63, 3.8) is 0 Å². The molecule has 2 rings (SSSR count). The minimum Gasteiger partial charge on any atom is -0.220 e. The maximum absolute atomic E-state index is 12.4. The van der Waals surface area contributed by atoms with Gasteiger partial charge in [-0.25, -0.2) is 4.42 Å². The van der Waals surface area contributed by atoms with Gasteiger partial charge in [0.25, 0.3) is 0 Å². The Kier molecular flexibility index (Phi) is 4.38. The summed E-state index contributed by atoms with van der Waals surface area (Å²) in [5.41, 5.74) is -0.0326. The number of piperidine rings is 1. The molecular weight excluding hydrogens is 275 g/mol. The highest BCUT2D eigenvalue weighted by Gasteiger charge is 2.29. The molecule has 0 N–H and O–H groups in total. The van der Waals surface area contributed by atoms with E-state index in [2.05, 4.69) is 11.8 Å². The summed E-state index contributed by atoms with van der Waals surface area (Å²) in [7, 11) is 0. The van der Waals surface area contributed by atoms with Crippen LogP contribution < -0.4 is 0 Å². The standard InChI is InChI=1S/C14H13ClF3N/c15-19-9-7-12(8-10-19)2-1-11-3-5-13(6-4-11)14(16,17)18/h3-6,12H,7-10H2. The number of benzene rings is 1. The molecule has 5 heteroatoms. The van der Waals surface area contributed by atoms with E-state index in [-0.39, 0.29) is 5.92 Å². The van der Waals surface area contributed by atoms with E-state index in [9.17, 15) is 13.2 Å². The van der Waals surface area contributed by atoms with Crippen LogP contribution in [0.3, 0.4) is 0 Å². The third kappa shape index (κ3) is 4.15. The first-order valence-corrected chi connectivity index (χ1v) is 6.38. The molecule has 1 aliphatic heterocycles. The van der Waals surface area contributed by atoms with Gasteiger partial charge in [-0.1, -0.05) is 11.8 Å². The highest BCUT2D eigenvalue weighted by molar-refractivity contribution is 6.13. The first-order chi connectivity index (χ1) is 8.95. The minimum absolute atomic E-state index is 0.275. The topological polar surface area (TPSA) is 3.24 Å². The highest BCUT2D eigenvalue weighted by atomic mass is 35.5. The fourth-order valence-electron chi connectivity index (χ4n) is 1.92. The second-order valence-electron chi connectivity index (χ2n) is 4.53. The zero-order valence-corrected chi connectivity index (χ0v) is 10.9. The largest absolute Gasteiger partial charge is 0.416 e. The molecule has 1 saturated heterocycles. The number of hydrogen-bond donors (Lipinski definition) is 0. The quantitative estimate of drug-likeness (QED) is 0.516. The summed E-state index contributed by atoms with van der Waals surface area (Å²) in [6, 6.07) is 4.94. The molecule has 0 saturated carbocycles. The molecule has 102 valence electrons. The molecule has 0 aliphatic carbocycles. The van der Waals surface area contributed by atoms with Crippen LogP contribution in [0, 0.1) is 17.8 Å². The average molecular weight is 288 g/mol. The monoisotopic (exact) mass is 287 g/mol. The molecule has 1 fully saturated rings. The Morgan fingerprint density at radius 1 is 1.11 bits per heavy atom. The summed E-state index contributed by atoms with van der Waals surface area (Å²) >= 11 is 5.84. The Hall–Kier alpha value is -1.18. The lowest BCUT2D eigenvalue weighted by Crippen LogP contribution is -2.25. The summed E-state index contributed by atoms with van der Waals surface area (Å²) in [4.78, 5) is 0. The van der Waals surface area contributed by atoms with Crippen LogP contribution in [0.2, 0.25) is 0 Å². The number of nitrogens with zero attached hydrogens (tertiary/aromatic N) is 1. The van der Waals surface area contributed by atoms with Gasteiger partial charge in [-0.15, -0.1) is 0 Å². The highest BCUT2D eigenvalue weighted by Crippen LogP contribution is 2.29. The Bertz CT molecular complexity index is 476. The molecule has 1 heterocycles. The lowest BCUT2D eigenvalue weighted by Gasteiger charge is -2.23. The third-order valence-corrected chi connectivity index (χ3v) is 3.41. The zero-order chi connectivity index (χ0) is 13.9. The van der Waals surface area contributed by atoms with E-state index in [4.69, 9.17) is 11.8 Å². The van der Waals surface area contributed by atoms with E-state index in [0.717, 1.165) is 38.1 Å². The van der Waals surface area contributed by atoms with Gasteiger partial charge in [0.15, 0.2) is 0 Å². The normalized spacial score (nSPS) is 17.9. The molecule has 1 aromatic rings. The van der Waals surface area contributed by atoms with Crippen LogP contribution >= 0.6 is 11.8 Å². The Morgan fingerprint density at radius 3 is 2.21 bits per heavy atom. The molecule has 19 heavy (non-hydrogen) atoms. The van der Waals surface area contributed by atoms with Crippen molar-refractivity contribution in [2.24, 2.45) is 5.92 Å². The SMILES string of the molecule is FC(F)(F)c1ccc(C#CC2CCN(Cl)CC2)cc1. The van der Waals surface area contributed by atoms with Crippen LogP contribution in [0.15, 0.2) is 24.3 Å². The van der Waals surface area contributed by atoms with Crippen molar-refractivity contribution in [2.75, 3.05) is 13.1 Å². The first kappa shape index (κ1) is 14.2. The third-order valence-electron chi connectivity index (χ3n) is 3.07. The maximum atomic E-state index is 12.4. The average Bonchev–Trinajstić information content (AvgIpc) is 2.37. The second kappa shape index (κ2) is 5.85. The number of halogens is 4. The molecule has 0 bridgehead atoms. The maximum Gasteiger partial charge on any atom is 0.416 e. The molecule has 0 unspecified atom stereocenters. The van der Waals surface area contributed by atoms with Crippen LogP contribution in [0.1, 0.15) is 24.0 Å². The summed E-state index contributed by atoms with van der Waals surface area (Å²) in [5, 5.41) is 0. The Morgan fingerprint density at radius 2 is 1.68 bits per heavy atom. The van der Waals surface area contributed by atoms with Crippen molar-refractivity contribution < 1.29 is 13.2 Å². The predicted octanol–water partition coefficient (Wildman–Crippen LogP) is 3.92. The van der Waals surface area contributed by atoms with Crippen molar-refractivity contribution in [1.29, 1.82) is 0 Å². The molecule has 0 atom stereocenters. The number of hydrogen-bond acceptors (Lipinski definition) is 1. The number of rotatable bonds is 0. The summed E-state index contributed by atoms with van der Waals surface area (Å²) in [6.07, 6.45) is -2.49. The zero-order valence-electron chi connectivity index (χ0n) is 10.2. The molecular formula is C14H13ClF3N. The Balaban J connectivity index is 2.00. The lowest BCUT2D eigenvalue weighted by atomic mass is 9.98. The van der Waals surface area contributed by atoms with Crippen LogP contribution in [-0.4, -0.2) is 17.5 Å². The van der Waals surface area contributed by atoms with Crippen molar-refractivity contribution in [3.8, 4) is 11.8 Å². The van der Waals surface area contributed by atoms with Crippen molar-refractivity contribution in [2.45, 2.75) is 19.0 Å². The van der Waals surface area contributed by atoms with Gasteiger partial charge in [0.1, 0.15) is 0 Å². The van der Waals surface area contributed by atoms with Crippen LogP contribution in [0.25, 0.3) is 0 Å². The van der Waals surface area contributed by atoms with Gasteiger partial charge in [-0.05, 0) is 48.9 Å². The van der Waals surface area contributed by atoms with Crippen molar-refractivity contribution in [1.82, 2.24) is 4.42 Å². The van der Waals surface area contributed by atoms with Crippen LogP contribution in [-0.2, 0) is 6.18 Å². The predicted molar refractivity (Wildman–Crippen MR) is 68.5 cm³/mol. The molecule has 0 spiro atoms. The van der Waals surface area contributed by atoms with Gasteiger partial charge in [0, 0.05) is 24.6 Å². The van der Waals surface area contributed by atoms with E-state index >= 15 is 0 Å². The van der Waals surface area contributed by atoms with Gasteiger partial charge in [0.2, 0.25) is 0 Å². The first-order valence-electron chi connectivity index (χ1n) is 6.04. The van der Waals surface area contributed by atoms with Gasteiger partial charge in [0.05, 0.1) is 5.56 Å². The molecule has 0 radical (unpaired) electrons. The van der Waals surface area contributed by atoms with E-state index in [0.29, 0.717) is 5.56 Å². The molecule has 0 amide bonds. The molecule has 1 aromatic carbocycles. The number of alkyl halides is 3. The molecule has 1 aliphatic rings. The summed E-state index contributed by atoms with van der Waals surface area (Å²) in [5.74, 6) is 6.30. The second-order valence-corrected chi connectivity index (χ2v) is 5.01.